The third-order valence-corrected chi connectivity index (χ3v) is 8.07. The van der Waals surface area contributed by atoms with E-state index < -0.39 is 0 Å². The van der Waals surface area contributed by atoms with Gasteiger partial charge in [-0.1, -0.05) is 28.8 Å². The number of pyridine rings is 1. The number of nitrogens with zero attached hydrogens (tertiary/aromatic N) is 3. The van der Waals surface area contributed by atoms with Crippen LogP contribution in [0.25, 0.3) is 0 Å². The van der Waals surface area contributed by atoms with Crippen molar-refractivity contribution in [1.29, 1.82) is 5.41 Å². The molecule has 0 atom stereocenters. The van der Waals surface area contributed by atoms with Crippen LogP contribution >= 0.6 is 15.9 Å². The van der Waals surface area contributed by atoms with Crippen molar-refractivity contribution in [2.45, 2.75) is 65.4 Å². The Balaban J connectivity index is 0.00000141. The van der Waals surface area contributed by atoms with Gasteiger partial charge in [0.05, 0.1) is 17.1 Å². The van der Waals surface area contributed by atoms with Crippen LogP contribution in [-0.2, 0) is 14.3 Å². The first-order chi connectivity index (χ1) is 19.2. The average molecular weight is 613 g/mol. The van der Waals surface area contributed by atoms with Crippen molar-refractivity contribution >= 4 is 57.1 Å². The number of amides is 1. The molecule has 1 aliphatic carbocycles. The van der Waals surface area contributed by atoms with Crippen LogP contribution in [0.4, 0.5) is 22.9 Å². The number of rotatable bonds is 6. The highest BCUT2D eigenvalue weighted by atomic mass is 79.9. The number of nitrogens with one attached hydrogen (secondary N) is 2. The SMILES string of the molecule is CC#CC(=O)N(c1ccc(NC)c(C(=N)OC2CCC(C)CC2)n1)c1cc(C)c(Br)cc1N1CCCC1.O=CO. The predicted octanol–water partition coefficient (Wildman–Crippen LogP) is 6.10. The highest BCUT2D eigenvalue weighted by Gasteiger charge is 2.28. The molecule has 0 bridgehead atoms. The van der Waals surface area contributed by atoms with Gasteiger partial charge in [-0.15, -0.1) is 0 Å². The molecule has 1 aliphatic heterocycles. The van der Waals surface area contributed by atoms with E-state index >= 15 is 0 Å². The van der Waals surface area contributed by atoms with E-state index in [0.29, 0.717) is 23.1 Å². The maximum Gasteiger partial charge on any atom is 0.308 e. The van der Waals surface area contributed by atoms with Gasteiger partial charge in [0, 0.05) is 24.6 Å². The maximum absolute atomic E-state index is 13.5. The Kier molecular flexibility index (Phi) is 11.4. The molecule has 10 heteroatoms. The molecule has 0 spiro atoms. The van der Waals surface area contributed by atoms with Crippen LogP contribution in [0.5, 0.6) is 0 Å². The van der Waals surface area contributed by atoms with Crippen LogP contribution in [0.2, 0.25) is 0 Å². The zero-order chi connectivity index (χ0) is 29.2. The normalized spacial score (nSPS) is 18.0. The van der Waals surface area contributed by atoms with Gasteiger partial charge in [0.1, 0.15) is 17.6 Å². The van der Waals surface area contributed by atoms with Crippen LogP contribution in [0.3, 0.4) is 0 Å². The molecular formula is C30H38BrN5O4. The van der Waals surface area contributed by atoms with Gasteiger partial charge in [-0.2, -0.15) is 0 Å². The summed E-state index contributed by atoms with van der Waals surface area (Å²) in [7, 11) is 1.80. The third-order valence-electron chi connectivity index (χ3n) is 7.22. The number of halogens is 1. The Bertz CT molecular complexity index is 1270. The molecule has 2 heterocycles. The summed E-state index contributed by atoms with van der Waals surface area (Å²) >= 11 is 3.67. The molecule has 9 nitrogen and oxygen atoms in total. The number of carboxylic acid groups (broad SMARTS) is 1. The summed E-state index contributed by atoms with van der Waals surface area (Å²) in [5.41, 5.74) is 3.77. The number of aromatic nitrogens is 1. The van der Waals surface area contributed by atoms with E-state index in [2.05, 4.69) is 51.0 Å². The molecule has 4 rings (SSSR count). The van der Waals surface area contributed by atoms with Gasteiger partial charge >= 0.3 is 5.91 Å². The lowest BCUT2D eigenvalue weighted by Gasteiger charge is -2.29. The van der Waals surface area contributed by atoms with Crippen LogP contribution < -0.4 is 15.1 Å². The molecule has 2 fully saturated rings. The van der Waals surface area contributed by atoms with E-state index in [9.17, 15) is 4.79 Å². The Labute approximate surface area is 244 Å². The molecule has 0 radical (unpaired) electrons. The van der Waals surface area contributed by atoms with Crippen LogP contribution in [0, 0.1) is 30.1 Å². The minimum atomic E-state index is -0.367. The third kappa shape index (κ3) is 7.54. The van der Waals surface area contributed by atoms with Crippen LogP contribution in [-0.4, -0.2) is 54.6 Å². The zero-order valence-corrected chi connectivity index (χ0v) is 25.2. The molecule has 2 aromatic rings. The summed E-state index contributed by atoms with van der Waals surface area (Å²) in [5, 5.41) is 18.8. The fraction of sp³-hybridized carbons (Fsp3) is 0.467. The molecule has 2 aliphatic rings. The lowest BCUT2D eigenvalue weighted by Crippen LogP contribution is -2.30. The summed E-state index contributed by atoms with van der Waals surface area (Å²) < 4.78 is 7.08. The smallest absolute Gasteiger partial charge is 0.308 e. The van der Waals surface area contributed by atoms with E-state index in [1.807, 2.05) is 19.1 Å². The second-order valence-electron chi connectivity index (χ2n) is 10.0. The van der Waals surface area contributed by atoms with Gasteiger partial charge in [-0.25, -0.2) is 4.98 Å². The van der Waals surface area contributed by atoms with E-state index in [-0.39, 0.29) is 24.4 Å². The fourth-order valence-electron chi connectivity index (χ4n) is 5.06. The Morgan fingerprint density at radius 3 is 2.50 bits per heavy atom. The molecule has 1 aromatic carbocycles. The largest absolute Gasteiger partial charge is 0.483 e. The zero-order valence-electron chi connectivity index (χ0n) is 23.6. The van der Waals surface area contributed by atoms with E-state index in [4.69, 9.17) is 25.0 Å². The van der Waals surface area contributed by atoms with Crippen molar-refractivity contribution in [2.24, 2.45) is 5.92 Å². The maximum atomic E-state index is 13.5. The molecule has 1 aromatic heterocycles. The van der Waals surface area contributed by atoms with Gasteiger partial charge in [0.25, 0.3) is 6.47 Å². The predicted molar refractivity (Wildman–Crippen MR) is 163 cm³/mol. The Hall–Kier alpha value is -3.58. The van der Waals surface area contributed by atoms with Crippen LogP contribution in [0.1, 0.15) is 63.6 Å². The number of benzene rings is 1. The molecular weight excluding hydrogens is 574 g/mol. The highest BCUT2D eigenvalue weighted by Crippen LogP contribution is 2.40. The van der Waals surface area contributed by atoms with Gasteiger partial charge in [-0.05, 0) is 94.0 Å². The van der Waals surface area contributed by atoms with Gasteiger partial charge < -0.3 is 20.1 Å². The van der Waals surface area contributed by atoms with E-state index in [1.54, 1.807) is 24.9 Å². The number of hydrogen-bond acceptors (Lipinski definition) is 7. The van der Waals surface area contributed by atoms with E-state index in [1.165, 1.54) is 0 Å². The first-order valence-electron chi connectivity index (χ1n) is 13.6. The Morgan fingerprint density at radius 2 is 1.90 bits per heavy atom. The van der Waals surface area contributed by atoms with Crippen molar-refractivity contribution in [2.75, 3.05) is 35.3 Å². The fourth-order valence-corrected chi connectivity index (χ4v) is 5.40. The van der Waals surface area contributed by atoms with Crippen molar-refractivity contribution in [1.82, 2.24) is 4.98 Å². The summed E-state index contributed by atoms with van der Waals surface area (Å²) in [5.74, 6) is 6.22. The second kappa shape index (κ2) is 14.7. The van der Waals surface area contributed by atoms with Crippen LogP contribution in [0.15, 0.2) is 28.7 Å². The van der Waals surface area contributed by atoms with Crippen molar-refractivity contribution in [3.8, 4) is 11.8 Å². The summed E-state index contributed by atoms with van der Waals surface area (Å²) in [6.45, 7) is 7.53. The number of carbonyl (C=O) groups is 2. The van der Waals surface area contributed by atoms with Crippen molar-refractivity contribution < 1.29 is 19.4 Å². The first-order valence-corrected chi connectivity index (χ1v) is 14.4. The summed E-state index contributed by atoms with van der Waals surface area (Å²) in [6, 6.07) is 7.73. The van der Waals surface area contributed by atoms with Crippen molar-refractivity contribution in [3.63, 3.8) is 0 Å². The molecule has 214 valence electrons. The number of carbonyl (C=O) groups excluding carboxylic acids is 1. The molecule has 40 heavy (non-hydrogen) atoms. The molecule has 3 N–H and O–H groups in total. The van der Waals surface area contributed by atoms with Gasteiger partial charge in [-0.3, -0.25) is 19.9 Å². The first kappa shape index (κ1) is 31.0. The molecule has 0 unspecified atom stereocenters. The number of anilines is 4. The van der Waals surface area contributed by atoms with Gasteiger partial charge in [0.2, 0.25) is 5.90 Å². The average Bonchev–Trinajstić information content (AvgIpc) is 3.47. The van der Waals surface area contributed by atoms with E-state index in [0.717, 1.165) is 73.0 Å². The summed E-state index contributed by atoms with van der Waals surface area (Å²) in [4.78, 5) is 30.5. The number of ether oxygens (including phenoxy) is 1. The standard InChI is InChI=1S/C29H36BrN5O2.CH2O2/c1-5-8-27(36)35(25-17-20(3)22(30)18-24(25)34-15-6-7-16-34)26-14-13-23(32-4)28(33-26)29(31)37-21-11-9-19(2)10-12-21;2-1-3/h13-14,17-19,21,31-32H,6-7,9-12,15-16H2,1-4H3;1H,(H,2,3). The number of hydrogen-bond donors (Lipinski definition) is 3. The van der Waals surface area contributed by atoms with Gasteiger partial charge in [0.15, 0.2) is 0 Å². The topological polar surface area (TPSA) is 119 Å². The minimum absolute atomic E-state index is 0.0125. The minimum Gasteiger partial charge on any atom is -0.483 e. The molecule has 1 saturated carbocycles. The number of aryl methyl sites for hydroxylation is 1. The Morgan fingerprint density at radius 1 is 1.25 bits per heavy atom. The monoisotopic (exact) mass is 611 g/mol. The second-order valence-corrected chi connectivity index (χ2v) is 10.9. The lowest BCUT2D eigenvalue weighted by atomic mass is 9.89. The quantitative estimate of drug-likeness (QED) is 0.156. The van der Waals surface area contributed by atoms with Crippen molar-refractivity contribution in [3.05, 3.63) is 40.0 Å². The summed E-state index contributed by atoms with van der Waals surface area (Å²) in [6.07, 6.45) is 6.31. The molecule has 1 saturated heterocycles. The lowest BCUT2D eigenvalue weighted by molar-refractivity contribution is -0.122. The molecule has 1 amide bonds. The highest BCUT2D eigenvalue weighted by molar-refractivity contribution is 9.10.